The number of rotatable bonds is 7. The van der Waals surface area contributed by atoms with Gasteiger partial charge >= 0.3 is 6.03 Å². The summed E-state index contributed by atoms with van der Waals surface area (Å²) in [6, 6.07) is 5.74. The monoisotopic (exact) mass is 480 g/mol. The van der Waals surface area contributed by atoms with Crippen molar-refractivity contribution in [3.05, 3.63) is 35.6 Å². The largest absolute Gasteiger partial charge is 0.475 e. The van der Waals surface area contributed by atoms with Crippen molar-refractivity contribution in [2.24, 2.45) is 5.92 Å². The summed E-state index contributed by atoms with van der Waals surface area (Å²) < 4.78 is 51.1. The molecule has 2 saturated heterocycles. The number of urea groups is 1. The van der Waals surface area contributed by atoms with Crippen LogP contribution in [0.4, 0.5) is 29.5 Å². The summed E-state index contributed by atoms with van der Waals surface area (Å²) in [6.07, 6.45) is -2.48. The normalized spacial score (nSPS) is 16.5. The molecule has 11 heteroatoms. The third kappa shape index (κ3) is 5.36. The molecule has 2 amide bonds. The highest BCUT2D eigenvalue weighted by Gasteiger charge is 2.37. The highest BCUT2D eigenvalue weighted by atomic mass is 19.3. The van der Waals surface area contributed by atoms with Gasteiger partial charge in [0.25, 0.3) is 0 Å². The maximum atomic E-state index is 14.7. The Labute approximate surface area is 195 Å². The number of likely N-dealkylation sites (tertiary alicyclic amines) is 1. The maximum Gasteiger partial charge on any atom is 0.321 e. The predicted molar refractivity (Wildman–Crippen MR) is 120 cm³/mol. The van der Waals surface area contributed by atoms with Gasteiger partial charge in [-0.15, -0.1) is 0 Å². The van der Waals surface area contributed by atoms with Gasteiger partial charge < -0.3 is 29.7 Å². The molecule has 8 nitrogen and oxygen atoms in total. The SMILES string of the molecule is Cc1cc(F)c(NC(=O)N2CC(C(F)F)C2)cc1-c1cc(OCCO)nc(N2CCOCC2)c1. The second kappa shape index (κ2) is 10.5. The van der Waals surface area contributed by atoms with Crippen molar-refractivity contribution < 1.29 is 32.5 Å². The zero-order valence-corrected chi connectivity index (χ0v) is 18.8. The number of carbonyl (C=O) groups is 1. The lowest BCUT2D eigenvalue weighted by molar-refractivity contribution is -0.00208. The second-order valence-corrected chi connectivity index (χ2v) is 8.30. The highest BCUT2D eigenvalue weighted by molar-refractivity contribution is 5.91. The van der Waals surface area contributed by atoms with Crippen LogP contribution in [0.1, 0.15) is 5.56 Å². The maximum absolute atomic E-state index is 14.7. The number of nitrogens with zero attached hydrogens (tertiary/aromatic N) is 3. The third-order valence-corrected chi connectivity index (χ3v) is 5.88. The quantitative estimate of drug-likeness (QED) is 0.633. The van der Waals surface area contributed by atoms with E-state index >= 15 is 0 Å². The van der Waals surface area contributed by atoms with Crippen molar-refractivity contribution in [1.82, 2.24) is 9.88 Å². The molecule has 4 rings (SSSR count). The van der Waals surface area contributed by atoms with E-state index in [1.54, 1.807) is 13.0 Å². The van der Waals surface area contributed by atoms with Gasteiger partial charge in [0, 0.05) is 32.2 Å². The van der Waals surface area contributed by atoms with Crippen molar-refractivity contribution in [3.63, 3.8) is 0 Å². The molecule has 0 atom stereocenters. The number of amides is 2. The minimum Gasteiger partial charge on any atom is -0.475 e. The molecular formula is C23H27F3N4O4. The number of morpholine rings is 1. The molecular weight excluding hydrogens is 453 g/mol. The molecule has 2 aromatic rings. The number of benzene rings is 1. The number of hydrogen-bond donors (Lipinski definition) is 2. The number of alkyl halides is 2. The Kier molecular flexibility index (Phi) is 7.42. The van der Waals surface area contributed by atoms with E-state index in [-0.39, 0.29) is 32.0 Å². The minimum absolute atomic E-state index is 0.0475. The summed E-state index contributed by atoms with van der Waals surface area (Å²) >= 11 is 0. The molecule has 184 valence electrons. The molecule has 1 aromatic heterocycles. The van der Waals surface area contributed by atoms with Gasteiger partial charge in [-0.3, -0.25) is 0 Å². The number of aliphatic hydroxyl groups excluding tert-OH is 1. The van der Waals surface area contributed by atoms with E-state index in [1.165, 1.54) is 17.0 Å². The van der Waals surface area contributed by atoms with Crippen molar-refractivity contribution in [2.45, 2.75) is 13.3 Å². The molecule has 2 N–H and O–H groups in total. The second-order valence-electron chi connectivity index (χ2n) is 8.30. The molecule has 2 aliphatic rings. The van der Waals surface area contributed by atoms with E-state index in [9.17, 15) is 18.0 Å². The first-order valence-corrected chi connectivity index (χ1v) is 11.1. The molecule has 0 bridgehead atoms. The fourth-order valence-electron chi connectivity index (χ4n) is 3.94. The van der Waals surface area contributed by atoms with Crippen molar-refractivity contribution in [1.29, 1.82) is 0 Å². The number of anilines is 2. The molecule has 0 unspecified atom stereocenters. The molecule has 0 aliphatic carbocycles. The molecule has 2 aliphatic heterocycles. The van der Waals surface area contributed by atoms with Gasteiger partial charge in [-0.05, 0) is 41.8 Å². The first-order valence-electron chi connectivity index (χ1n) is 11.1. The van der Waals surface area contributed by atoms with E-state index in [1.807, 2.05) is 11.0 Å². The number of hydrogen-bond acceptors (Lipinski definition) is 6. The van der Waals surface area contributed by atoms with Crippen LogP contribution in [-0.2, 0) is 4.74 Å². The van der Waals surface area contributed by atoms with Gasteiger partial charge in [0.2, 0.25) is 12.3 Å². The van der Waals surface area contributed by atoms with E-state index in [4.69, 9.17) is 14.6 Å². The lowest BCUT2D eigenvalue weighted by Crippen LogP contribution is -2.54. The number of aromatic nitrogens is 1. The van der Waals surface area contributed by atoms with Crippen molar-refractivity contribution >= 4 is 17.5 Å². The number of aliphatic hydroxyl groups is 1. The number of carbonyl (C=O) groups excluding carboxylic acids is 1. The average Bonchev–Trinajstić information content (AvgIpc) is 2.78. The van der Waals surface area contributed by atoms with Crippen LogP contribution in [0.2, 0.25) is 0 Å². The summed E-state index contributed by atoms with van der Waals surface area (Å²) in [6.45, 7) is 3.93. The third-order valence-electron chi connectivity index (χ3n) is 5.88. The standard InChI is InChI=1S/C23H27F3N4O4/c1-14-8-18(24)19(27-23(32)30-12-16(13-30)22(25)26)11-17(14)15-9-20(29-2-5-33-6-3-29)28-21(10-15)34-7-4-31/h8-11,16,22,31H,2-7,12-13H2,1H3,(H,27,32). The fourth-order valence-corrected chi connectivity index (χ4v) is 3.94. The first kappa shape index (κ1) is 24.1. The Balaban J connectivity index is 1.61. The highest BCUT2D eigenvalue weighted by Crippen LogP contribution is 2.34. The molecule has 0 saturated carbocycles. The van der Waals surface area contributed by atoms with Gasteiger partial charge in [-0.1, -0.05) is 0 Å². The summed E-state index contributed by atoms with van der Waals surface area (Å²) in [5.74, 6) is -0.515. The Morgan fingerprint density at radius 2 is 2.00 bits per heavy atom. The van der Waals surface area contributed by atoms with Crippen molar-refractivity contribution in [2.75, 3.05) is 62.8 Å². The minimum atomic E-state index is -2.48. The lowest BCUT2D eigenvalue weighted by atomic mass is 9.99. The van der Waals surface area contributed by atoms with E-state index < -0.39 is 24.2 Å². The Morgan fingerprint density at radius 3 is 2.68 bits per heavy atom. The first-order chi connectivity index (χ1) is 16.4. The molecule has 1 aromatic carbocycles. The van der Waals surface area contributed by atoms with E-state index in [2.05, 4.69) is 10.3 Å². The van der Waals surface area contributed by atoms with Crippen LogP contribution in [0.5, 0.6) is 5.88 Å². The van der Waals surface area contributed by atoms with Crippen LogP contribution in [-0.4, -0.2) is 80.1 Å². The summed E-state index contributed by atoms with van der Waals surface area (Å²) in [5.41, 5.74) is 1.92. The zero-order valence-electron chi connectivity index (χ0n) is 18.8. The van der Waals surface area contributed by atoms with Gasteiger partial charge in [-0.25, -0.2) is 18.0 Å². The summed E-state index contributed by atoms with van der Waals surface area (Å²) in [7, 11) is 0. The summed E-state index contributed by atoms with van der Waals surface area (Å²) in [4.78, 5) is 20.2. The molecule has 34 heavy (non-hydrogen) atoms. The predicted octanol–water partition coefficient (Wildman–Crippen LogP) is 3.13. The molecule has 0 radical (unpaired) electrons. The average molecular weight is 480 g/mol. The Morgan fingerprint density at radius 1 is 1.26 bits per heavy atom. The molecule has 3 heterocycles. The summed E-state index contributed by atoms with van der Waals surface area (Å²) in [5, 5.41) is 11.6. The van der Waals surface area contributed by atoms with Crippen LogP contribution in [0.3, 0.4) is 0 Å². The zero-order chi connectivity index (χ0) is 24.2. The van der Waals surface area contributed by atoms with Gasteiger partial charge in [0.1, 0.15) is 18.2 Å². The number of aryl methyl sites for hydroxylation is 1. The Bertz CT molecular complexity index is 1030. The number of halogens is 3. The van der Waals surface area contributed by atoms with Crippen LogP contribution in [0.15, 0.2) is 24.3 Å². The van der Waals surface area contributed by atoms with E-state index in [0.717, 1.165) is 0 Å². The lowest BCUT2D eigenvalue weighted by Gasteiger charge is -2.38. The van der Waals surface area contributed by atoms with Gasteiger partial charge in [0.15, 0.2) is 0 Å². The fraction of sp³-hybridized carbons (Fsp3) is 0.478. The van der Waals surface area contributed by atoms with Crippen LogP contribution in [0, 0.1) is 18.7 Å². The van der Waals surface area contributed by atoms with Gasteiger partial charge in [-0.2, -0.15) is 4.98 Å². The molecule has 2 fully saturated rings. The van der Waals surface area contributed by atoms with Crippen LogP contribution < -0.4 is 15.0 Å². The van der Waals surface area contributed by atoms with E-state index in [0.29, 0.717) is 54.7 Å². The number of nitrogens with one attached hydrogen (secondary N) is 1. The number of pyridine rings is 1. The van der Waals surface area contributed by atoms with Crippen molar-refractivity contribution in [3.8, 4) is 17.0 Å². The van der Waals surface area contributed by atoms with Crippen LogP contribution >= 0.6 is 0 Å². The van der Waals surface area contributed by atoms with Crippen LogP contribution in [0.25, 0.3) is 11.1 Å². The molecule has 0 spiro atoms. The Hall–Kier alpha value is -3.05. The number of ether oxygens (including phenoxy) is 2. The van der Waals surface area contributed by atoms with Gasteiger partial charge in [0.05, 0.1) is 31.4 Å². The topological polar surface area (TPSA) is 87.2 Å². The smallest absolute Gasteiger partial charge is 0.321 e.